The van der Waals surface area contributed by atoms with Gasteiger partial charge in [0, 0.05) is 44.8 Å². The molecular formula is C32H32FN5O2S2. The molecule has 1 amide bonds. The van der Waals surface area contributed by atoms with Crippen molar-refractivity contribution in [3.05, 3.63) is 103 Å². The highest BCUT2D eigenvalue weighted by atomic mass is 32.2. The molecule has 0 aliphatic carbocycles. The van der Waals surface area contributed by atoms with Crippen LogP contribution in [0.15, 0.2) is 64.3 Å². The largest absolute Gasteiger partial charge is 0.355 e. The molecule has 2 aliphatic rings. The number of nitrogens with zero attached hydrogens (tertiary/aromatic N) is 5. The highest BCUT2D eigenvalue weighted by Gasteiger charge is 2.34. The molecule has 0 saturated carbocycles. The van der Waals surface area contributed by atoms with Crippen molar-refractivity contribution in [2.75, 3.05) is 31.1 Å². The van der Waals surface area contributed by atoms with Gasteiger partial charge in [0.2, 0.25) is 0 Å². The molecule has 2 saturated heterocycles. The minimum Gasteiger partial charge on any atom is -0.355 e. The SMILES string of the molecule is CCCn1c(N2CCN(Cc3ccccc3)CC2)c(/C=C2/SC(=S)N(Cc3ccc(F)cc3)C2=O)c(C)c(C#N)c1=O. The molecule has 0 radical (unpaired) electrons. The lowest BCUT2D eigenvalue weighted by atomic mass is 10.0. The van der Waals surface area contributed by atoms with Crippen LogP contribution in [0.4, 0.5) is 10.2 Å². The first-order chi connectivity index (χ1) is 20.3. The summed E-state index contributed by atoms with van der Waals surface area (Å²) in [6.07, 6.45) is 2.51. The molecule has 10 heteroatoms. The number of thioether (sulfide) groups is 1. The number of nitriles is 1. The van der Waals surface area contributed by atoms with Crippen LogP contribution in [0, 0.1) is 24.1 Å². The van der Waals surface area contributed by atoms with Gasteiger partial charge in [-0.1, -0.05) is 73.4 Å². The molecule has 7 nitrogen and oxygen atoms in total. The maximum absolute atomic E-state index is 13.6. The highest BCUT2D eigenvalue weighted by molar-refractivity contribution is 8.26. The van der Waals surface area contributed by atoms with Crippen molar-refractivity contribution < 1.29 is 9.18 Å². The van der Waals surface area contributed by atoms with Crippen LogP contribution in [0.25, 0.3) is 6.08 Å². The first kappa shape index (κ1) is 29.7. The van der Waals surface area contributed by atoms with Gasteiger partial charge in [0.15, 0.2) is 0 Å². The number of amides is 1. The Hall–Kier alpha value is -3.78. The van der Waals surface area contributed by atoms with E-state index < -0.39 is 0 Å². The zero-order valence-corrected chi connectivity index (χ0v) is 25.3. The third-order valence-corrected chi connectivity index (χ3v) is 9.00. The summed E-state index contributed by atoms with van der Waals surface area (Å²) in [5, 5.41) is 9.94. The molecule has 2 fully saturated rings. The average molecular weight is 602 g/mol. The Morgan fingerprint density at radius 3 is 2.31 bits per heavy atom. The van der Waals surface area contributed by atoms with Gasteiger partial charge in [-0.05, 0) is 48.2 Å². The second-order valence-corrected chi connectivity index (χ2v) is 12.1. The summed E-state index contributed by atoms with van der Waals surface area (Å²) in [5.41, 5.74) is 3.05. The highest BCUT2D eigenvalue weighted by Crippen LogP contribution is 2.37. The van der Waals surface area contributed by atoms with E-state index in [0.717, 1.165) is 31.0 Å². The maximum Gasteiger partial charge on any atom is 0.270 e. The number of hydrogen-bond acceptors (Lipinski definition) is 7. The molecule has 42 heavy (non-hydrogen) atoms. The number of carbonyl (C=O) groups excluding carboxylic acids is 1. The van der Waals surface area contributed by atoms with Crippen molar-refractivity contribution in [2.45, 2.75) is 39.9 Å². The van der Waals surface area contributed by atoms with Gasteiger partial charge in [-0.3, -0.25) is 24.0 Å². The standard InChI is InChI=1S/C32H32FN5O2S2/c1-3-13-37-29(36-16-14-35(15-17-36)20-23-7-5-4-6-8-23)26(22(2)27(19-34)30(37)39)18-28-31(40)38(32(41)42-28)21-24-9-11-25(33)12-10-24/h4-12,18H,3,13-17,20-21H2,1-2H3/b28-18+. The Morgan fingerprint density at radius 2 is 1.67 bits per heavy atom. The molecule has 3 aromatic rings. The van der Waals surface area contributed by atoms with Gasteiger partial charge in [0.1, 0.15) is 27.6 Å². The summed E-state index contributed by atoms with van der Waals surface area (Å²) in [5.74, 6) is 0.143. The van der Waals surface area contributed by atoms with Crippen LogP contribution in [0.1, 0.15) is 41.2 Å². The van der Waals surface area contributed by atoms with Gasteiger partial charge >= 0.3 is 0 Å². The summed E-state index contributed by atoms with van der Waals surface area (Å²) in [7, 11) is 0. The lowest BCUT2D eigenvalue weighted by molar-refractivity contribution is -0.122. The summed E-state index contributed by atoms with van der Waals surface area (Å²) in [6, 6.07) is 18.5. The molecule has 3 heterocycles. The molecule has 2 aliphatic heterocycles. The molecule has 0 unspecified atom stereocenters. The van der Waals surface area contributed by atoms with Crippen LogP contribution in [0.2, 0.25) is 0 Å². The lowest BCUT2D eigenvalue weighted by Crippen LogP contribution is -2.48. The van der Waals surface area contributed by atoms with Crippen molar-refractivity contribution in [1.82, 2.24) is 14.4 Å². The minimum absolute atomic E-state index is 0.0861. The number of thiocarbonyl (C=S) groups is 1. The van der Waals surface area contributed by atoms with Crippen LogP contribution in [-0.2, 0) is 24.4 Å². The van der Waals surface area contributed by atoms with Crippen LogP contribution < -0.4 is 10.5 Å². The van der Waals surface area contributed by atoms with Gasteiger partial charge in [-0.25, -0.2) is 4.39 Å². The number of halogens is 1. The summed E-state index contributed by atoms with van der Waals surface area (Å²) < 4.78 is 15.5. The zero-order valence-electron chi connectivity index (χ0n) is 23.7. The first-order valence-corrected chi connectivity index (χ1v) is 15.2. The third kappa shape index (κ3) is 6.19. The Balaban J connectivity index is 1.49. The van der Waals surface area contributed by atoms with Crippen molar-refractivity contribution >= 4 is 46.1 Å². The van der Waals surface area contributed by atoms with Gasteiger partial charge in [0.05, 0.1) is 11.4 Å². The normalized spacial score (nSPS) is 16.9. The molecule has 5 rings (SSSR count). The van der Waals surface area contributed by atoms with Gasteiger partial charge < -0.3 is 4.90 Å². The quantitative estimate of drug-likeness (QED) is 0.256. The smallest absolute Gasteiger partial charge is 0.270 e. The van der Waals surface area contributed by atoms with Crippen LogP contribution in [-0.4, -0.2) is 50.8 Å². The Morgan fingerprint density at radius 1 is 1.00 bits per heavy atom. The number of pyridine rings is 1. The lowest BCUT2D eigenvalue weighted by Gasteiger charge is -2.38. The number of rotatable bonds is 8. The molecule has 1 aromatic heterocycles. The summed E-state index contributed by atoms with van der Waals surface area (Å²) >= 11 is 6.76. The molecule has 0 atom stereocenters. The molecular weight excluding hydrogens is 570 g/mol. The fraction of sp³-hybridized carbons (Fsp3) is 0.312. The van der Waals surface area contributed by atoms with E-state index in [2.05, 4.69) is 28.0 Å². The first-order valence-electron chi connectivity index (χ1n) is 14.0. The second kappa shape index (κ2) is 13.0. The topological polar surface area (TPSA) is 72.6 Å². The Labute approximate surface area is 254 Å². The minimum atomic E-state index is -0.344. The van der Waals surface area contributed by atoms with Crippen molar-refractivity contribution in [3.63, 3.8) is 0 Å². The number of carbonyl (C=O) groups is 1. The fourth-order valence-electron chi connectivity index (χ4n) is 5.42. The molecule has 0 bridgehead atoms. The van der Waals surface area contributed by atoms with Crippen molar-refractivity contribution in [3.8, 4) is 6.07 Å². The van der Waals surface area contributed by atoms with Gasteiger partial charge in [-0.2, -0.15) is 5.26 Å². The van der Waals surface area contributed by atoms with E-state index in [0.29, 0.717) is 46.4 Å². The van der Waals surface area contributed by atoms with E-state index in [1.54, 1.807) is 29.7 Å². The number of hydrogen-bond donors (Lipinski definition) is 0. The summed E-state index contributed by atoms with van der Waals surface area (Å²) in [4.78, 5) is 33.6. The van der Waals surface area contributed by atoms with E-state index in [1.807, 2.05) is 25.1 Å². The molecule has 0 spiro atoms. The van der Waals surface area contributed by atoms with E-state index in [1.165, 1.54) is 34.4 Å². The van der Waals surface area contributed by atoms with Crippen LogP contribution in [0.3, 0.4) is 0 Å². The average Bonchev–Trinajstić information content (AvgIpc) is 3.25. The number of benzene rings is 2. The zero-order chi connectivity index (χ0) is 29.8. The Bertz CT molecular complexity index is 1620. The number of anilines is 1. The fourth-order valence-corrected chi connectivity index (χ4v) is 6.65. The second-order valence-electron chi connectivity index (χ2n) is 10.4. The van der Waals surface area contributed by atoms with E-state index in [-0.39, 0.29) is 29.4 Å². The number of aromatic nitrogens is 1. The monoisotopic (exact) mass is 601 g/mol. The third-order valence-electron chi connectivity index (χ3n) is 7.62. The van der Waals surface area contributed by atoms with E-state index >= 15 is 0 Å². The predicted octanol–water partition coefficient (Wildman–Crippen LogP) is 5.30. The van der Waals surface area contributed by atoms with Crippen molar-refractivity contribution in [2.24, 2.45) is 0 Å². The molecule has 2 aromatic carbocycles. The van der Waals surface area contributed by atoms with Gasteiger partial charge in [0.25, 0.3) is 11.5 Å². The predicted molar refractivity (Wildman–Crippen MR) is 169 cm³/mol. The van der Waals surface area contributed by atoms with Crippen molar-refractivity contribution in [1.29, 1.82) is 5.26 Å². The Kier molecular flexibility index (Phi) is 9.21. The molecule has 0 N–H and O–H groups in total. The maximum atomic E-state index is 13.6. The molecule has 216 valence electrons. The summed E-state index contributed by atoms with van der Waals surface area (Å²) in [6.45, 7) is 8.35. The number of piperazine rings is 1. The van der Waals surface area contributed by atoms with Crippen LogP contribution >= 0.6 is 24.0 Å². The van der Waals surface area contributed by atoms with E-state index in [9.17, 15) is 19.2 Å². The van der Waals surface area contributed by atoms with Gasteiger partial charge in [-0.15, -0.1) is 0 Å². The van der Waals surface area contributed by atoms with Crippen LogP contribution in [0.5, 0.6) is 0 Å². The van der Waals surface area contributed by atoms with E-state index in [4.69, 9.17) is 12.2 Å².